The lowest BCUT2D eigenvalue weighted by molar-refractivity contribution is -0.239. The van der Waals surface area contributed by atoms with Gasteiger partial charge in [0.15, 0.2) is 12.0 Å². The molecule has 0 aromatic heterocycles. The topological polar surface area (TPSA) is 46.5 Å². The Labute approximate surface area is 86.0 Å². The van der Waals surface area contributed by atoms with Crippen molar-refractivity contribution in [2.45, 2.75) is 25.4 Å². The molecule has 0 aliphatic heterocycles. The summed E-state index contributed by atoms with van der Waals surface area (Å²) < 4.78 is 75.3. The molecule has 0 rings (SSSR count). The lowest BCUT2D eigenvalue weighted by Gasteiger charge is -2.20. The summed E-state index contributed by atoms with van der Waals surface area (Å²) in [5.41, 5.74) is 0. The molecule has 0 saturated heterocycles. The molecule has 0 aromatic rings. The molecule has 0 fully saturated rings. The number of carboxylic acid groups (broad SMARTS) is 1. The van der Waals surface area contributed by atoms with Crippen LogP contribution in [-0.4, -0.2) is 36.1 Å². The summed E-state index contributed by atoms with van der Waals surface area (Å²) in [4.78, 5) is 10.1. The van der Waals surface area contributed by atoms with Crippen LogP contribution in [0.15, 0.2) is 0 Å². The summed E-state index contributed by atoms with van der Waals surface area (Å²) >= 11 is 0. The summed E-state index contributed by atoms with van der Waals surface area (Å²) in [6.07, 6.45) is -12.4. The van der Waals surface area contributed by atoms with Crippen molar-refractivity contribution in [1.82, 2.24) is 0 Å². The molecule has 0 aliphatic carbocycles. The zero-order valence-electron chi connectivity index (χ0n) is 7.89. The van der Waals surface area contributed by atoms with E-state index in [-0.39, 0.29) is 0 Å². The van der Waals surface area contributed by atoms with E-state index in [2.05, 4.69) is 4.74 Å². The molecular formula is C7H8F6O3. The van der Waals surface area contributed by atoms with Gasteiger partial charge in [0.2, 0.25) is 0 Å². The van der Waals surface area contributed by atoms with Crippen molar-refractivity contribution < 1.29 is 41.0 Å². The minimum absolute atomic E-state index is 0.495. The Bertz CT molecular complexity index is 245. The number of hydrogen-bond donors (Lipinski definition) is 1. The largest absolute Gasteiger partial charge is 0.481 e. The van der Waals surface area contributed by atoms with E-state index in [0.29, 0.717) is 6.92 Å². The number of hydrogen-bond acceptors (Lipinski definition) is 2. The van der Waals surface area contributed by atoms with Crippen molar-refractivity contribution >= 4 is 5.97 Å². The lowest BCUT2D eigenvalue weighted by Crippen LogP contribution is -2.38. The highest BCUT2D eigenvalue weighted by molar-refractivity contribution is 5.71. The number of carboxylic acids is 1. The predicted octanol–water partition coefficient (Wildman–Crippen LogP) is 2.22. The van der Waals surface area contributed by atoms with Crippen LogP contribution < -0.4 is 0 Å². The van der Waals surface area contributed by atoms with E-state index in [1.54, 1.807) is 0 Å². The number of rotatable bonds is 4. The van der Waals surface area contributed by atoms with E-state index in [1.165, 1.54) is 0 Å². The van der Waals surface area contributed by atoms with Crippen molar-refractivity contribution in [3.63, 3.8) is 0 Å². The SMILES string of the molecule is CC(OCC(C(=O)O)C(F)(F)F)C(F)(F)F. The molecular weight excluding hydrogens is 246 g/mol. The van der Waals surface area contributed by atoms with E-state index in [4.69, 9.17) is 5.11 Å². The van der Waals surface area contributed by atoms with Crippen LogP contribution in [0.3, 0.4) is 0 Å². The first-order valence-corrected chi connectivity index (χ1v) is 3.94. The first-order chi connectivity index (χ1) is 6.96. The molecule has 0 aliphatic rings. The van der Waals surface area contributed by atoms with E-state index < -0.39 is 37.0 Å². The molecule has 0 radical (unpaired) electrons. The third-order valence-electron chi connectivity index (χ3n) is 1.67. The second-order valence-corrected chi connectivity index (χ2v) is 2.95. The Balaban J connectivity index is 4.42. The third kappa shape index (κ3) is 4.69. The van der Waals surface area contributed by atoms with Gasteiger partial charge in [0, 0.05) is 0 Å². The fourth-order valence-electron chi connectivity index (χ4n) is 0.641. The monoisotopic (exact) mass is 254 g/mol. The Morgan fingerprint density at radius 3 is 1.88 bits per heavy atom. The standard InChI is InChI=1S/C7H8F6O3/c1-3(6(8,9)10)16-2-4(5(14)15)7(11,12)13/h3-4H,2H2,1H3,(H,14,15). The molecule has 0 heterocycles. The van der Waals surface area contributed by atoms with Crippen molar-refractivity contribution in [2.75, 3.05) is 6.61 Å². The molecule has 16 heavy (non-hydrogen) atoms. The highest BCUT2D eigenvalue weighted by Crippen LogP contribution is 2.29. The molecule has 2 atom stereocenters. The molecule has 0 aromatic carbocycles. The van der Waals surface area contributed by atoms with E-state index in [1.807, 2.05) is 0 Å². The number of carbonyl (C=O) groups is 1. The fourth-order valence-corrected chi connectivity index (χ4v) is 0.641. The van der Waals surface area contributed by atoms with E-state index >= 15 is 0 Å². The van der Waals surface area contributed by atoms with Gasteiger partial charge in [-0.2, -0.15) is 26.3 Å². The summed E-state index contributed by atoms with van der Waals surface area (Å²) in [5, 5.41) is 8.14. The normalized spacial score (nSPS) is 16.9. The molecule has 96 valence electrons. The van der Waals surface area contributed by atoms with Crippen molar-refractivity contribution in [1.29, 1.82) is 0 Å². The fraction of sp³-hybridized carbons (Fsp3) is 0.857. The summed E-state index contributed by atoms with van der Waals surface area (Å²) in [5.74, 6) is -5.24. The van der Waals surface area contributed by atoms with E-state index in [0.717, 1.165) is 0 Å². The Kier molecular flexibility index (Phi) is 4.59. The molecule has 0 bridgehead atoms. The molecule has 2 unspecified atom stereocenters. The van der Waals surface area contributed by atoms with Crippen LogP contribution in [-0.2, 0) is 9.53 Å². The van der Waals surface area contributed by atoms with Crippen LogP contribution in [0.25, 0.3) is 0 Å². The molecule has 3 nitrogen and oxygen atoms in total. The zero-order valence-corrected chi connectivity index (χ0v) is 7.89. The van der Waals surface area contributed by atoms with Crippen LogP contribution >= 0.6 is 0 Å². The summed E-state index contributed by atoms with van der Waals surface area (Å²) in [6.45, 7) is -1.07. The van der Waals surface area contributed by atoms with Crippen LogP contribution in [0, 0.1) is 5.92 Å². The summed E-state index contributed by atoms with van der Waals surface area (Å²) in [7, 11) is 0. The average molecular weight is 254 g/mol. The average Bonchev–Trinajstić information content (AvgIpc) is 1.98. The molecule has 0 saturated carbocycles. The zero-order chi connectivity index (χ0) is 13.1. The van der Waals surface area contributed by atoms with Gasteiger partial charge in [0.25, 0.3) is 0 Å². The highest BCUT2D eigenvalue weighted by atomic mass is 19.4. The van der Waals surface area contributed by atoms with Gasteiger partial charge in [-0.15, -0.1) is 0 Å². The lowest BCUT2D eigenvalue weighted by atomic mass is 10.1. The van der Waals surface area contributed by atoms with Crippen LogP contribution in [0.4, 0.5) is 26.3 Å². The van der Waals surface area contributed by atoms with Gasteiger partial charge < -0.3 is 9.84 Å². The Hall–Kier alpha value is -0.990. The molecule has 0 amide bonds. The van der Waals surface area contributed by atoms with Crippen LogP contribution in [0.2, 0.25) is 0 Å². The first kappa shape index (κ1) is 15.0. The maximum atomic E-state index is 12.0. The first-order valence-electron chi connectivity index (χ1n) is 3.94. The molecule has 0 spiro atoms. The van der Waals surface area contributed by atoms with Crippen molar-refractivity contribution in [3.8, 4) is 0 Å². The number of alkyl halides is 6. The second-order valence-electron chi connectivity index (χ2n) is 2.95. The van der Waals surface area contributed by atoms with Crippen LogP contribution in [0.1, 0.15) is 6.92 Å². The maximum absolute atomic E-state index is 12.0. The van der Waals surface area contributed by atoms with Gasteiger partial charge in [0.1, 0.15) is 0 Å². The number of ether oxygens (including phenoxy) is 1. The Morgan fingerprint density at radius 2 is 1.62 bits per heavy atom. The summed E-state index contributed by atoms with van der Waals surface area (Å²) in [6, 6.07) is 0. The quantitative estimate of drug-likeness (QED) is 0.782. The number of aliphatic carboxylic acids is 1. The van der Waals surface area contributed by atoms with Gasteiger partial charge in [-0.05, 0) is 6.92 Å². The second kappa shape index (κ2) is 4.89. The van der Waals surface area contributed by atoms with Gasteiger partial charge in [-0.3, -0.25) is 4.79 Å². The highest BCUT2D eigenvalue weighted by Gasteiger charge is 2.47. The minimum Gasteiger partial charge on any atom is -0.481 e. The van der Waals surface area contributed by atoms with Gasteiger partial charge >= 0.3 is 18.3 Å². The van der Waals surface area contributed by atoms with Gasteiger partial charge in [-0.25, -0.2) is 0 Å². The third-order valence-corrected chi connectivity index (χ3v) is 1.67. The van der Waals surface area contributed by atoms with E-state index in [9.17, 15) is 31.1 Å². The van der Waals surface area contributed by atoms with Crippen LogP contribution in [0.5, 0.6) is 0 Å². The molecule has 9 heteroatoms. The van der Waals surface area contributed by atoms with Gasteiger partial charge in [-0.1, -0.05) is 0 Å². The minimum atomic E-state index is -5.14. The van der Waals surface area contributed by atoms with Gasteiger partial charge in [0.05, 0.1) is 6.61 Å². The predicted molar refractivity (Wildman–Crippen MR) is 38.6 cm³/mol. The Morgan fingerprint density at radius 1 is 1.19 bits per heavy atom. The number of halogens is 6. The van der Waals surface area contributed by atoms with Crippen molar-refractivity contribution in [2.24, 2.45) is 5.92 Å². The maximum Gasteiger partial charge on any atom is 0.414 e. The van der Waals surface area contributed by atoms with Crippen molar-refractivity contribution in [3.05, 3.63) is 0 Å². The smallest absolute Gasteiger partial charge is 0.414 e. The molecule has 1 N–H and O–H groups in total.